The lowest BCUT2D eigenvalue weighted by Gasteiger charge is -2.13. The fourth-order valence-electron chi connectivity index (χ4n) is 1.16. The van der Waals surface area contributed by atoms with Crippen LogP contribution in [0.15, 0.2) is 22.8 Å². The molecule has 1 aromatic rings. The number of hydrogen-bond acceptors (Lipinski definition) is 3. The quantitative estimate of drug-likeness (QED) is 0.817. The SMILES string of the molecule is CNN(C)CCCc1ccc(Br)cn1. The molecule has 14 heavy (non-hydrogen) atoms. The maximum atomic E-state index is 4.32. The molecule has 0 spiro atoms. The Labute approximate surface area is 93.6 Å². The lowest BCUT2D eigenvalue weighted by molar-refractivity contribution is 0.257. The van der Waals surface area contributed by atoms with Gasteiger partial charge in [-0.2, -0.15) is 0 Å². The van der Waals surface area contributed by atoms with Crippen molar-refractivity contribution in [2.24, 2.45) is 0 Å². The highest BCUT2D eigenvalue weighted by molar-refractivity contribution is 9.10. The van der Waals surface area contributed by atoms with Gasteiger partial charge in [0, 0.05) is 30.0 Å². The van der Waals surface area contributed by atoms with Gasteiger partial charge in [0.1, 0.15) is 0 Å². The number of rotatable bonds is 5. The molecule has 78 valence electrons. The number of aryl methyl sites for hydroxylation is 1. The molecule has 0 radical (unpaired) electrons. The van der Waals surface area contributed by atoms with Gasteiger partial charge in [-0.1, -0.05) is 0 Å². The van der Waals surface area contributed by atoms with Crippen molar-refractivity contribution < 1.29 is 0 Å². The highest BCUT2D eigenvalue weighted by atomic mass is 79.9. The van der Waals surface area contributed by atoms with Crippen LogP contribution in [0.3, 0.4) is 0 Å². The molecule has 0 aliphatic carbocycles. The van der Waals surface area contributed by atoms with E-state index >= 15 is 0 Å². The molecule has 0 bridgehead atoms. The molecule has 1 rings (SSSR count). The number of nitrogens with zero attached hydrogens (tertiary/aromatic N) is 2. The highest BCUT2D eigenvalue weighted by Crippen LogP contribution is 2.08. The van der Waals surface area contributed by atoms with Crippen LogP contribution in [0.1, 0.15) is 12.1 Å². The van der Waals surface area contributed by atoms with E-state index in [9.17, 15) is 0 Å². The zero-order valence-electron chi connectivity index (χ0n) is 8.63. The molecule has 1 aromatic heterocycles. The first kappa shape index (κ1) is 11.6. The van der Waals surface area contributed by atoms with Gasteiger partial charge in [-0.3, -0.25) is 10.4 Å². The Morgan fingerprint density at radius 1 is 1.50 bits per heavy atom. The Kier molecular flexibility index (Phi) is 5.07. The van der Waals surface area contributed by atoms with Crippen LogP contribution in [0.5, 0.6) is 0 Å². The van der Waals surface area contributed by atoms with Gasteiger partial charge in [0.2, 0.25) is 0 Å². The van der Waals surface area contributed by atoms with E-state index in [1.54, 1.807) is 0 Å². The summed E-state index contributed by atoms with van der Waals surface area (Å²) >= 11 is 3.37. The number of hydrogen-bond donors (Lipinski definition) is 1. The molecule has 1 N–H and O–H groups in total. The predicted octanol–water partition coefficient (Wildman–Crippen LogP) is 1.84. The minimum atomic E-state index is 1.03. The smallest absolute Gasteiger partial charge is 0.0413 e. The predicted molar refractivity (Wildman–Crippen MR) is 61.9 cm³/mol. The molecule has 0 aliphatic rings. The van der Waals surface area contributed by atoms with Crippen molar-refractivity contribution >= 4 is 15.9 Å². The van der Waals surface area contributed by atoms with E-state index in [1.165, 1.54) is 0 Å². The molecule has 0 fully saturated rings. The molecule has 3 nitrogen and oxygen atoms in total. The van der Waals surface area contributed by atoms with E-state index in [-0.39, 0.29) is 0 Å². The minimum absolute atomic E-state index is 1.03. The van der Waals surface area contributed by atoms with E-state index < -0.39 is 0 Å². The van der Waals surface area contributed by atoms with Gasteiger partial charge in [-0.25, -0.2) is 5.01 Å². The first-order chi connectivity index (χ1) is 6.72. The lowest BCUT2D eigenvalue weighted by atomic mass is 10.2. The van der Waals surface area contributed by atoms with Crippen molar-refractivity contribution in [2.75, 3.05) is 20.6 Å². The van der Waals surface area contributed by atoms with Gasteiger partial charge in [0.05, 0.1) is 0 Å². The Morgan fingerprint density at radius 3 is 2.86 bits per heavy atom. The Morgan fingerprint density at radius 2 is 2.29 bits per heavy atom. The number of nitrogens with one attached hydrogen (secondary N) is 1. The monoisotopic (exact) mass is 257 g/mol. The van der Waals surface area contributed by atoms with Crippen LogP contribution in [0, 0.1) is 0 Å². The number of pyridine rings is 1. The molecule has 0 aromatic carbocycles. The van der Waals surface area contributed by atoms with Gasteiger partial charge in [-0.15, -0.1) is 0 Å². The molecule has 1 heterocycles. The number of hydrazine groups is 1. The van der Waals surface area contributed by atoms with Crippen molar-refractivity contribution in [1.29, 1.82) is 0 Å². The van der Waals surface area contributed by atoms with E-state index in [1.807, 2.05) is 26.4 Å². The van der Waals surface area contributed by atoms with Gasteiger partial charge in [0.15, 0.2) is 0 Å². The van der Waals surface area contributed by atoms with Crippen molar-refractivity contribution in [3.05, 3.63) is 28.5 Å². The summed E-state index contributed by atoms with van der Waals surface area (Å²) in [6.07, 6.45) is 3.99. The van der Waals surface area contributed by atoms with Crippen LogP contribution in [-0.2, 0) is 6.42 Å². The maximum absolute atomic E-state index is 4.32. The van der Waals surface area contributed by atoms with Crippen LogP contribution in [0.2, 0.25) is 0 Å². The van der Waals surface area contributed by atoms with Crippen molar-refractivity contribution in [3.8, 4) is 0 Å². The largest absolute Gasteiger partial charge is 0.260 e. The average Bonchev–Trinajstić information content (AvgIpc) is 2.21. The maximum Gasteiger partial charge on any atom is 0.0413 e. The average molecular weight is 258 g/mol. The van der Waals surface area contributed by atoms with Crippen molar-refractivity contribution in [2.45, 2.75) is 12.8 Å². The minimum Gasteiger partial charge on any atom is -0.260 e. The first-order valence-electron chi connectivity index (χ1n) is 4.71. The van der Waals surface area contributed by atoms with Gasteiger partial charge < -0.3 is 0 Å². The topological polar surface area (TPSA) is 28.2 Å². The molecule has 4 heteroatoms. The van der Waals surface area contributed by atoms with Gasteiger partial charge in [0.25, 0.3) is 0 Å². The summed E-state index contributed by atoms with van der Waals surface area (Å²) in [5.74, 6) is 0. The normalized spacial score (nSPS) is 10.9. The van der Waals surface area contributed by atoms with Crippen LogP contribution in [-0.4, -0.2) is 30.6 Å². The molecule has 0 saturated heterocycles. The van der Waals surface area contributed by atoms with Crippen molar-refractivity contribution in [3.63, 3.8) is 0 Å². The second kappa shape index (κ2) is 6.11. The summed E-state index contributed by atoms with van der Waals surface area (Å²) in [5, 5.41) is 2.07. The summed E-state index contributed by atoms with van der Waals surface area (Å²) in [4.78, 5) is 4.32. The molecule has 0 unspecified atom stereocenters. The number of halogens is 1. The van der Waals surface area contributed by atoms with E-state index in [0.717, 1.165) is 29.6 Å². The number of aromatic nitrogens is 1. The first-order valence-corrected chi connectivity index (χ1v) is 5.50. The summed E-state index contributed by atoms with van der Waals surface area (Å²) in [6, 6.07) is 4.09. The molecular formula is C10H16BrN3. The third-order valence-electron chi connectivity index (χ3n) is 2.10. The highest BCUT2D eigenvalue weighted by Gasteiger charge is 1.97. The van der Waals surface area contributed by atoms with Crippen molar-refractivity contribution in [1.82, 2.24) is 15.4 Å². The van der Waals surface area contributed by atoms with Crippen LogP contribution in [0.25, 0.3) is 0 Å². The molecule has 0 aliphatic heterocycles. The van der Waals surface area contributed by atoms with Crippen LogP contribution < -0.4 is 5.43 Å². The molecule has 0 atom stereocenters. The van der Waals surface area contributed by atoms with Gasteiger partial charge >= 0.3 is 0 Å². The van der Waals surface area contributed by atoms with E-state index in [0.29, 0.717) is 0 Å². The fourth-order valence-corrected chi connectivity index (χ4v) is 1.40. The van der Waals surface area contributed by atoms with Crippen LogP contribution in [0.4, 0.5) is 0 Å². The molecule has 0 saturated carbocycles. The Hall–Kier alpha value is -0.450. The zero-order chi connectivity index (χ0) is 10.4. The van der Waals surface area contributed by atoms with Crippen LogP contribution >= 0.6 is 15.9 Å². The zero-order valence-corrected chi connectivity index (χ0v) is 10.2. The molecular weight excluding hydrogens is 242 g/mol. The third-order valence-corrected chi connectivity index (χ3v) is 2.57. The summed E-state index contributed by atoms with van der Waals surface area (Å²) in [6.45, 7) is 1.04. The second-order valence-corrected chi connectivity index (χ2v) is 4.13. The van der Waals surface area contributed by atoms with E-state index in [4.69, 9.17) is 0 Å². The standard InChI is InChI=1S/C10H16BrN3/c1-12-14(2)7-3-4-10-6-5-9(11)8-13-10/h5-6,8,12H,3-4,7H2,1-2H3. The Bertz CT molecular complexity index is 261. The fraction of sp³-hybridized carbons (Fsp3) is 0.500. The summed E-state index contributed by atoms with van der Waals surface area (Å²) in [7, 11) is 3.97. The second-order valence-electron chi connectivity index (χ2n) is 3.22. The molecule has 0 amide bonds. The summed E-state index contributed by atoms with van der Waals surface area (Å²) < 4.78 is 1.04. The third kappa shape index (κ3) is 4.17. The Balaban J connectivity index is 2.28. The van der Waals surface area contributed by atoms with E-state index in [2.05, 4.69) is 37.4 Å². The van der Waals surface area contributed by atoms with Gasteiger partial charge in [-0.05, 0) is 48.0 Å². The summed E-state index contributed by atoms with van der Waals surface area (Å²) in [5.41, 5.74) is 4.22. The lowest BCUT2D eigenvalue weighted by Crippen LogP contribution is -2.31.